The van der Waals surface area contributed by atoms with Crippen LogP contribution in [-0.2, 0) is 17.4 Å². The summed E-state index contributed by atoms with van der Waals surface area (Å²) in [5.74, 6) is 0.478. The lowest BCUT2D eigenvalue weighted by molar-refractivity contribution is 0.246. The Morgan fingerprint density at radius 3 is 1.96 bits per heavy atom. The number of rotatable bonds is 3. The van der Waals surface area contributed by atoms with Crippen LogP contribution in [0.4, 0.5) is 5.69 Å². The first kappa shape index (κ1) is 20.7. The molecule has 0 bridgehead atoms. The Labute approximate surface area is 171 Å². The van der Waals surface area contributed by atoms with Crippen molar-refractivity contribution in [3.8, 4) is 5.75 Å². The molecule has 3 nitrogen and oxygen atoms in total. The number of benzene rings is 2. The van der Waals surface area contributed by atoms with Gasteiger partial charge in [-0.15, -0.1) is 0 Å². The molecule has 28 heavy (non-hydrogen) atoms. The Morgan fingerprint density at radius 2 is 1.43 bits per heavy atom. The Kier molecular flexibility index (Phi) is 5.77. The zero-order chi connectivity index (χ0) is 20.5. The van der Waals surface area contributed by atoms with E-state index in [1.807, 2.05) is 0 Å². The highest BCUT2D eigenvalue weighted by Gasteiger charge is 2.26. The average molecular weight is 381 g/mol. The van der Waals surface area contributed by atoms with Crippen molar-refractivity contribution in [2.45, 2.75) is 58.9 Å². The van der Waals surface area contributed by atoms with Gasteiger partial charge in [-0.1, -0.05) is 71.9 Å². The summed E-state index contributed by atoms with van der Waals surface area (Å²) in [7, 11) is 0. The number of phenolic OH excluding ortho intramolecular Hbond substituents is 1. The first-order valence-electron chi connectivity index (χ1n) is 10.4. The molecule has 0 aromatic heterocycles. The van der Waals surface area contributed by atoms with Gasteiger partial charge in [0, 0.05) is 44.0 Å². The predicted molar refractivity (Wildman–Crippen MR) is 119 cm³/mol. The minimum absolute atomic E-state index is 0.0639. The zero-order valence-corrected chi connectivity index (χ0v) is 18.4. The monoisotopic (exact) mass is 380 g/mol. The normalized spacial score (nSPS) is 16.4. The lowest BCUT2D eigenvalue weighted by Gasteiger charge is -2.36. The molecule has 2 aromatic carbocycles. The summed E-state index contributed by atoms with van der Waals surface area (Å²) in [6.07, 6.45) is 0. The molecule has 152 valence electrons. The molecule has 1 fully saturated rings. The van der Waals surface area contributed by atoms with Gasteiger partial charge in [-0.25, -0.2) is 0 Å². The number of hydrogen-bond donors (Lipinski definition) is 1. The second kappa shape index (κ2) is 7.79. The van der Waals surface area contributed by atoms with E-state index in [0.29, 0.717) is 5.75 Å². The fraction of sp³-hybridized carbons (Fsp3) is 0.520. The second-order valence-electron chi connectivity index (χ2n) is 10.1. The molecule has 1 N–H and O–H groups in total. The van der Waals surface area contributed by atoms with E-state index in [1.165, 1.54) is 11.3 Å². The fourth-order valence-electron chi connectivity index (χ4n) is 3.86. The molecule has 0 radical (unpaired) electrons. The second-order valence-corrected chi connectivity index (χ2v) is 10.1. The van der Waals surface area contributed by atoms with Gasteiger partial charge in [-0.05, 0) is 34.1 Å². The van der Waals surface area contributed by atoms with Crippen LogP contribution < -0.4 is 4.90 Å². The van der Waals surface area contributed by atoms with Gasteiger partial charge in [0.2, 0.25) is 0 Å². The number of phenols is 1. The van der Waals surface area contributed by atoms with E-state index in [4.69, 9.17) is 0 Å². The highest BCUT2D eigenvalue weighted by atomic mass is 16.3. The first-order valence-corrected chi connectivity index (χ1v) is 10.4. The SMILES string of the molecule is CC(C)(C)c1cc(CN2CCN(c3ccccc3)CC2)c(O)c(C(C)(C)C)c1. The minimum atomic E-state index is -0.0773. The van der Waals surface area contributed by atoms with Crippen molar-refractivity contribution < 1.29 is 5.11 Å². The highest BCUT2D eigenvalue weighted by molar-refractivity contribution is 5.49. The molecule has 1 heterocycles. The maximum absolute atomic E-state index is 11.0. The van der Waals surface area contributed by atoms with Crippen LogP contribution in [0.1, 0.15) is 58.2 Å². The van der Waals surface area contributed by atoms with E-state index in [2.05, 4.69) is 93.8 Å². The van der Waals surface area contributed by atoms with Gasteiger partial charge in [0.05, 0.1) is 0 Å². The molecule has 0 spiro atoms. The van der Waals surface area contributed by atoms with Crippen molar-refractivity contribution in [2.24, 2.45) is 0 Å². The topological polar surface area (TPSA) is 26.7 Å². The van der Waals surface area contributed by atoms with Gasteiger partial charge in [0.15, 0.2) is 0 Å². The lowest BCUT2D eigenvalue weighted by Crippen LogP contribution is -2.46. The molecule has 0 saturated carbocycles. The number of aromatic hydroxyl groups is 1. The third-order valence-electron chi connectivity index (χ3n) is 5.75. The van der Waals surface area contributed by atoms with Crippen LogP contribution in [0.25, 0.3) is 0 Å². The van der Waals surface area contributed by atoms with Gasteiger partial charge in [0.1, 0.15) is 5.75 Å². The van der Waals surface area contributed by atoms with Crippen molar-refractivity contribution in [3.63, 3.8) is 0 Å². The summed E-state index contributed by atoms with van der Waals surface area (Å²) in [5.41, 5.74) is 4.70. The van der Waals surface area contributed by atoms with Crippen molar-refractivity contribution in [1.29, 1.82) is 0 Å². The van der Waals surface area contributed by atoms with Crippen molar-refractivity contribution >= 4 is 5.69 Å². The molecule has 0 aliphatic carbocycles. The number of hydrogen-bond acceptors (Lipinski definition) is 3. The van der Waals surface area contributed by atoms with Gasteiger partial charge < -0.3 is 10.0 Å². The van der Waals surface area contributed by atoms with Crippen LogP contribution in [0.5, 0.6) is 5.75 Å². The molecule has 0 atom stereocenters. The van der Waals surface area contributed by atoms with Gasteiger partial charge >= 0.3 is 0 Å². The average Bonchev–Trinajstić information content (AvgIpc) is 2.63. The standard InChI is InChI=1S/C25H36N2O/c1-24(2,3)20-16-19(23(28)22(17-20)25(4,5)6)18-26-12-14-27(15-13-26)21-10-8-7-9-11-21/h7-11,16-17,28H,12-15,18H2,1-6H3. The maximum atomic E-state index is 11.0. The quantitative estimate of drug-likeness (QED) is 0.782. The molecule has 3 rings (SSSR count). The van der Waals surface area contributed by atoms with Gasteiger partial charge in [-0.2, -0.15) is 0 Å². The van der Waals surface area contributed by atoms with Crippen LogP contribution in [0.3, 0.4) is 0 Å². The summed E-state index contributed by atoms with van der Waals surface area (Å²) in [5, 5.41) is 11.0. The third-order valence-corrected chi connectivity index (χ3v) is 5.75. The maximum Gasteiger partial charge on any atom is 0.123 e. The van der Waals surface area contributed by atoms with Crippen molar-refractivity contribution in [2.75, 3.05) is 31.1 Å². The Hall–Kier alpha value is -2.00. The highest BCUT2D eigenvalue weighted by Crippen LogP contribution is 2.38. The zero-order valence-electron chi connectivity index (χ0n) is 18.4. The number of piperazine rings is 1. The minimum Gasteiger partial charge on any atom is -0.507 e. The van der Waals surface area contributed by atoms with E-state index < -0.39 is 0 Å². The van der Waals surface area contributed by atoms with Crippen LogP contribution in [-0.4, -0.2) is 36.2 Å². The largest absolute Gasteiger partial charge is 0.507 e. The third kappa shape index (κ3) is 4.70. The summed E-state index contributed by atoms with van der Waals surface area (Å²) in [6.45, 7) is 18.1. The van der Waals surface area contributed by atoms with Crippen molar-refractivity contribution in [3.05, 3.63) is 59.2 Å². The predicted octanol–water partition coefficient (Wildman–Crippen LogP) is 5.31. The number of anilines is 1. The van der Waals surface area contributed by atoms with Crippen LogP contribution >= 0.6 is 0 Å². The molecule has 2 aromatic rings. The molecule has 0 unspecified atom stereocenters. The van der Waals surface area contributed by atoms with E-state index in [0.717, 1.165) is 43.9 Å². The molecule has 1 saturated heterocycles. The van der Waals surface area contributed by atoms with Crippen LogP contribution in [0.15, 0.2) is 42.5 Å². The summed E-state index contributed by atoms with van der Waals surface area (Å²) >= 11 is 0. The Morgan fingerprint density at radius 1 is 0.821 bits per heavy atom. The first-order chi connectivity index (χ1) is 13.1. The van der Waals surface area contributed by atoms with Gasteiger partial charge in [-0.3, -0.25) is 4.90 Å². The number of para-hydroxylation sites is 1. The summed E-state index contributed by atoms with van der Waals surface area (Å²) in [6, 6.07) is 15.1. The summed E-state index contributed by atoms with van der Waals surface area (Å²) in [4.78, 5) is 4.91. The smallest absolute Gasteiger partial charge is 0.123 e. The molecular formula is C25H36N2O. The molecule has 0 amide bonds. The van der Waals surface area contributed by atoms with E-state index in [1.54, 1.807) is 0 Å². The molecule has 1 aliphatic rings. The molecule has 3 heteroatoms. The molecular weight excluding hydrogens is 344 g/mol. The summed E-state index contributed by atoms with van der Waals surface area (Å²) < 4.78 is 0. The van der Waals surface area contributed by atoms with E-state index >= 15 is 0 Å². The van der Waals surface area contributed by atoms with Gasteiger partial charge in [0.25, 0.3) is 0 Å². The van der Waals surface area contributed by atoms with E-state index in [9.17, 15) is 5.11 Å². The fourth-order valence-corrected chi connectivity index (χ4v) is 3.86. The Bertz CT molecular complexity index is 792. The van der Waals surface area contributed by atoms with Crippen LogP contribution in [0.2, 0.25) is 0 Å². The van der Waals surface area contributed by atoms with Crippen molar-refractivity contribution in [1.82, 2.24) is 4.90 Å². The van der Waals surface area contributed by atoms with Crippen LogP contribution in [0, 0.1) is 0 Å². The molecule has 1 aliphatic heterocycles. The van der Waals surface area contributed by atoms with E-state index in [-0.39, 0.29) is 10.8 Å². The Balaban J connectivity index is 1.79. The lowest BCUT2D eigenvalue weighted by atomic mass is 9.79. The number of nitrogens with zero attached hydrogens (tertiary/aromatic N) is 2.